The van der Waals surface area contributed by atoms with Gasteiger partial charge in [-0.2, -0.15) is 0 Å². The Balaban J connectivity index is 1.33. The first-order valence-corrected chi connectivity index (χ1v) is 17.4. The van der Waals surface area contributed by atoms with Gasteiger partial charge in [-0.05, 0) is 0 Å². The van der Waals surface area contributed by atoms with Crippen molar-refractivity contribution in [2.24, 2.45) is 0 Å². The van der Waals surface area contributed by atoms with E-state index in [1.807, 2.05) is 0 Å². The molecule has 0 N–H and O–H groups in total. The third-order valence-electron chi connectivity index (χ3n) is 17.0. The number of halogens is 1. The molecule has 126 valence electrons. The minimum atomic E-state index is -3.88. The van der Waals surface area contributed by atoms with E-state index in [9.17, 15) is 0 Å². The third kappa shape index (κ3) is 0.161. The van der Waals surface area contributed by atoms with Crippen molar-refractivity contribution in [2.75, 3.05) is 0 Å². The second-order valence-electron chi connectivity index (χ2n) is 12.6. The molecule has 2 aromatic rings. The molecule has 0 aromatic heterocycles. The molecule has 3 heteroatoms. The van der Waals surface area contributed by atoms with Crippen LogP contribution in [-0.2, 0) is 6.51 Å². The van der Waals surface area contributed by atoms with Crippen molar-refractivity contribution in [3.05, 3.63) is 60.7 Å². The fraction of sp³-hybridized carbons (Fsp3) is 0.455. The SMILES string of the molecule is F[C]12[CH]3[CH]4[CH]5[C]1(P(c1ccccc1)c1ccccc1)[Fe]43521678[CH]2[CH]1[CH]6[CH]7[CH]28. The minimum absolute atomic E-state index is 0.254. The number of hydrogen-bond acceptors (Lipinski definition) is 0. The van der Waals surface area contributed by atoms with E-state index in [-0.39, 0.29) is 4.05 Å². The predicted octanol–water partition coefficient (Wildman–Crippen LogP) is 5.29. The first kappa shape index (κ1) is 10.6. The van der Waals surface area contributed by atoms with Crippen LogP contribution in [0.4, 0.5) is 4.39 Å². The van der Waals surface area contributed by atoms with Gasteiger partial charge in [-0.1, -0.05) is 0 Å². The summed E-state index contributed by atoms with van der Waals surface area (Å²) in [6.07, 6.45) is 0. The molecule has 10 aliphatic rings. The zero-order chi connectivity index (χ0) is 15.7. The van der Waals surface area contributed by atoms with Crippen LogP contribution in [0.2, 0.25) is 38.5 Å². The van der Waals surface area contributed by atoms with Crippen molar-refractivity contribution in [3.8, 4) is 0 Å². The normalized spacial score (nSPS) is 87.8. The summed E-state index contributed by atoms with van der Waals surface area (Å²) in [5, 5.41) is 2.99. The second kappa shape index (κ2) is 1.18. The third-order valence-corrected chi connectivity index (χ3v) is 66.0. The fourth-order valence-electron chi connectivity index (χ4n) is 18.4. The van der Waals surface area contributed by atoms with Gasteiger partial charge in [0.2, 0.25) is 0 Å². The molecule has 10 aliphatic heterocycles. The molecule has 0 radical (unpaired) electrons. The summed E-state index contributed by atoms with van der Waals surface area (Å²) in [6, 6.07) is 22.4. The van der Waals surface area contributed by atoms with E-state index in [4.69, 9.17) is 0 Å². The van der Waals surface area contributed by atoms with Crippen LogP contribution >= 0.6 is 7.92 Å². The molecule has 5 unspecified atom stereocenters. The molecule has 25 heavy (non-hydrogen) atoms. The number of alkyl halides is 1. The molecule has 0 bridgehead atoms. The Morgan fingerprint density at radius 1 is 0.680 bits per heavy atom. The summed E-state index contributed by atoms with van der Waals surface area (Å²) >= 11 is 0. The summed E-state index contributed by atoms with van der Waals surface area (Å²) in [7, 11) is -0.492. The van der Waals surface area contributed by atoms with Crippen molar-refractivity contribution in [1.82, 2.24) is 0 Å². The topological polar surface area (TPSA) is 0 Å². The second-order valence-corrected chi connectivity index (χ2v) is 38.6. The Bertz CT molecular complexity index is 1440. The van der Waals surface area contributed by atoms with Gasteiger partial charge in [0.15, 0.2) is 0 Å². The van der Waals surface area contributed by atoms with Gasteiger partial charge in [-0.25, -0.2) is 0 Å². The van der Waals surface area contributed by atoms with Gasteiger partial charge in [0.25, 0.3) is 0 Å². The van der Waals surface area contributed by atoms with Crippen molar-refractivity contribution < 1.29 is 10.9 Å². The van der Waals surface area contributed by atoms with Crippen LogP contribution in [0.15, 0.2) is 60.7 Å². The molecule has 2 aromatic carbocycles. The fourth-order valence-corrected chi connectivity index (χ4v) is 106. The summed E-state index contributed by atoms with van der Waals surface area (Å²) in [5.41, 5.74) is 0. The molecule has 0 aliphatic carbocycles. The Kier molecular flexibility index (Phi) is 0.499. The van der Waals surface area contributed by atoms with Gasteiger partial charge in [0, 0.05) is 0 Å². The molecule has 0 amide bonds. The van der Waals surface area contributed by atoms with Crippen LogP contribution < -0.4 is 10.6 Å². The summed E-state index contributed by atoms with van der Waals surface area (Å²) in [4.78, 5) is 7.91. The molecule has 12 rings (SSSR count). The predicted molar refractivity (Wildman–Crippen MR) is 95.6 cm³/mol. The van der Waals surface area contributed by atoms with Gasteiger partial charge >= 0.3 is 137 Å². The van der Waals surface area contributed by atoms with Gasteiger partial charge in [0.05, 0.1) is 0 Å². The molecule has 10 saturated heterocycles. The molecule has 1 spiro atoms. The zero-order valence-electron chi connectivity index (χ0n) is 13.6. The number of fused-ring (bicyclic) bond motifs is 10. The quantitative estimate of drug-likeness (QED) is 0.495. The average Bonchev–Trinajstić information content (AvgIpc) is 3.60. The van der Waals surface area contributed by atoms with Crippen LogP contribution in [0, 0.1) is 0 Å². The van der Waals surface area contributed by atoms with Crippen molar-refractivity contribution in [2.45, 2.75) is 47.2 Å². The van der Waals surface area contributed by atoms with Crippen LogP contribution in [0.3, 0.4) is 0 Å². The summed E-state index contributed by atoms with van der Waals surface area (Å²) in [6.45, 7) is -3.88. The van der Waals surface area contributed by atoms with Gasteiger partial charge in [-0.3, -0.25) is 0 Å². The Morgan fingerprint density at radius 2 is 1.16 bits per heavy atom. The Hall–Kier alpha value is -0.681. The van der Waals surface area contributed by atoms with Crippen LogP contribution in [0.5, 0.6) is 0 Å². The van der Waals surface area contributed by atoms with E-state index in [1.54, 1.807) is 0 Å². The number of rotatable bonds is 3. The molecule has 5 atom stereocenters. The van der Waals surface area contributed by atoms with Crippen LogP contribution in [0.25, 0.3) is 0 Å². The van der Waals surface area contributed by atoms with Crippen molar-refractivity contribution in [3.63, 3.8) is 0 Å². The Morgan fingerprint density at radius 3 is 1.44 bits per heavy atom. The first-order valence-electron chi connectivity index (χ1n) is 9.83. The van der Waals surface area contributed by atoms with Crippen molar-refractivity contribution in [1.29, 1.82) is 0 Å². The van der Waals surface area contributed by atoms with Gasteiger partial charge in [0.1, 0.15) is 0 Å². The monoisotopic (exact) mass is 388 g/mol. The van der Waals surface area contributed by atoms with Crippen LogP contribution in [0.1, 0.15) is 0 Å². The van der Waals surface area contributed by atoms with Gasteiger partial charge < -0.3 is 0 Å². The molecule has 0 nitrogen and oxygen atoms in total. The molecule has 0 saturated carbocycles. The summed E-state index contributed by atoms with van der Waals surface area (Å²) < 4.78 is 16.9. The molecule has 10 fully saturated rings. The van der Waals surface area contributed by atoms with E-state index in [1.165, 1.54) is 10.6 Å². The maximum absolute atomic E-state index is 17.2. The summed E-state index contributed by atoms with van der Waals surface area (Å²) in [5.74, 6) is 0. The first-order chi connectivity index (χ1) is 12.0. The maximum atomic E-state index is 17.2. The van der Waals surface area contributed by atoms with E-state index in [2.05, 4.69) is 60.7 Å². The standard InChI is InChI=1S/C17H13FP.C5H5.Fe/c18-16-12-7-13-17(16)19(14-8-3-1-4-9-14)15-10-5-2-6-11-15;1-2-4-5-3-1;/h1-13H;1-5H;. The number of benzene rings is 2. The molecular weight excluding hydrogens is 370 g/mol. The van der Waals surface area contributed by atoms with E-state index >= 15 is 4.39 Å². The van der Waals surface area contributed by atoms with E-state index in [0.29, 0.717) is 0 Å². The molecular formula is C22H18FFeP. The Labute approximate surface area is 137 Å². The van der Waals surface area contributed by atoms with E-state index < -0.39 is 19.0 Å². The zero-order valence-corrected chi connectivity index (χ0v) is 15.6. The average molecular weight is 388 g/mol. The van der Waals surface area contributed by atoms with E-state index in [0.717, 1.165) is 38.5 Å². The van der Waals surface area contributed by atoms with Crippen molar-refractivity contribution >= 4 is 18.5 Å². The number of hydrogen-bond donors (Lipinski definition) is 0. The molecule has 10 heterocycles. The van der Waals surface area contributed by atoms with Crippen LogP contribution in [-0.4, -0.2) is 8.62 Å². The van der Waals surface area contributed by atoms with Gasteiger partial charge in [-0.15, -0.1) is 0 Å².